The fourth-order valence-corrected chi connectivity index (χ4v) is 1.53. The van der Waals surface area contributed by atoms with E-state index in [2.05, 4.69) is 5.32 Å². The molecule has 1 heterocycles. The van der Waals surface area contributed by atoms with Crippen LogP contribution in [0.3, 0.4) is 0 Å². The molecule has 0 spiro atoms. The van der Waals surface area contributed by atoms with Crippen LogP contribution in [0.2, 0.25) is 0 Å². The lowest BCUT2D eigenvalue weighted by molar-refractivity contribution is -0.142. The first kappa shape index (κ1) is 13.2. The van der Waals surface area contributed by atoms with Gasteiger partial charge in [-0.15, -0.1) is 0 Å². The molecule has 0 bridgehead atoms. The third kappa shape index (κ3) is 3.64. The zero-order valence-corrected chi connectivity index (χ0v) is 8.93. The molecule has 0 aromatic carbocycles. The monoisotopic (exact) mass is 240 g/mol. The summed E-state index contributed by atoms with van der Waals surface area (Å²) in [7, 11) is 0. The molecule has 0 aromatic heterocycles. The normalized spacial score (nSPS) is 27.8. The largest absolute Gasteiger partial charge is 0.391 e. The van der Waals surface area contributed by atoms with Crippen molar-refractivity contribution in [1.82, 2.24) is 5.32 Å². The minimum absolute atomic E-state index is 0.0531. The highest BCUT2D eigenvalue weighted by atomic mass is 19.4. The summed E-state index contributed by atoms with van der Waals surface area (Å²) in [5.41, 5.74) is 4.52. The zero-order chi connectivity index (χ0) is 12.4. The van der Waals surface area contributed by atoms with Crippen LogP contribution in [0.5, 0.6) is 0 Å². The van der Waals surface area contributed by atoms with E-state index in [0.717, 1.165) is 0 Å². The van der Waals surface area contributed by atoms with Gasteiger partial charge in [-0.05, 0) is 13.3 Å². The molecule has 0 aliphatic carbocycles. The van der Waals surface area contributed by atoms with Gasteiger partial charge in [0.15, 0.2) is 0 Å². The van der Waals surface area contributed by atoms with Crippen molar-refractivity contribution in [2.75, 3.05) is 13.2 Å². The van der Waals surface area contributed by atoms with Gasteiger partial charge >= 0.3 is 6.18 Å². The number of rotatable bonds is 3. The molecule has 3 N–H and O–H groups in total. The average molecular weight is 240 g/mol. The highest BCUT2D eigenvalue weighted by Crippen LogP contribution is 2.22. The van der Waals surface area contributed by atoms with E-state index in [1.165, 1.54) is 6.92 Å². The first-order valence-corrected chi connectivity index (χ1v) is 4.97. The molecule has 1 saturated heterocycles. The standard InChI is InChI=1S/C9H15F3N2O2/c1-6(4-9(10,11)12)14-7(15)8(13)2-3-16-5-8/h6H,2-5,13H2,1H3,(H,14,15). The van der Waals surface area contributed by atoms with Gasteiger partial charge in [0, 0.05) is 12.6 Å². The highest BCUT2D eigenvalue weighted by molar-refractivity contribution is 5.86. The summed E-state index contributed by atoms with van der Waals surface area (Å²) in [6, 6.07) is -0.978. The van der Waals surface area contributed by atoms with E-state index >= 15 is 0 Å². The van der Waals surface area contributed by atoms with Gasteiger partial charge in [-0.25, -0.2) is 0 Å². The van der Waals surface area contributed by atoms with Crippen molar-refractivity contribution in [3.8, 4) is 0 Å². The Morgan fingerprint density at radius 3 is 2.69 bits per heavy atom. The van der Waals surface area contributed by atoms with E-state index in [9.17, 15) is 18.0 Å². The van der Waals surface area contributed by atoms with Crippen molar-refractivity contribution in [1.29, 1.82) is 0 Å². The van der Waals surface area contributed by atoms with Crippen molar-refractivity contribution in [2.24, 2.45) is 5.73 Å². The predicted molar refractivity (Wildman–Crippen MR) is 50.6 cm³/mol. The van der Waals surface area contributed by atoms with Crippen molar-refractivity contribution in [2.45, 2.75) is 37.5 Å². The molecule has 1 rings (SSSR count). The smallest absolute Gasteiger partial charge is 0.379 e. The highest BCUT2D eigenvalue weighted by Gasteiger charge is 2.40. The molecule has 0 radical (unpaired) electrons. The lowest BCUT2D eigenvalue weighted by Gasteiger charge is -2.24. The number of amides is 1. The van der Waals surface area contributed by atoms with Crippen LogP contribution in [0, 0.1) is 0 Å². The van der Waals surface area contributed by atoms with Crippen molar-refractivity contribution in [3.63, 3.8) is 0 Å². The summed E-state index contributed by atoms with van der Waals surface area (Å²) in [5.74, 6) is -0.582. The van der Waals surface area contributed by atoms with Crippen molar-refractivity contribution >= 4 is 5.91 Å². The van der Waals surface area contributed by atoms with Crippen molar-refractivity contribution < 1.29 is 22.7 Å². The molecule has 7 heteroatoms. The van der Waals surface area contributed by atoms with Gasteiger partial charge in [0.2, 0.25) is 5.91 Å². The average Bonchev–Trinajstić information content (AvgIpc) is 2.49. The van der Waals surface area contributed by atoms with E-state index in [-0.39, 0.29) is 6.61 Å². The quantitative estimate of drug-likeness (QED) is 0.757. The Hall–Kier alpha value is -0.820. The van der Waals surface area contributed by atoms with Crippen LogP contribution in [-0.4, -0.2) is 36.9 Å². The number of hydrogen-bond donors (Lipinski definition) is 2. The molecule has 4 nitrogen and oxygen atoms in total. The molecule has 1 fully saturated rings. The van der Waals surface area contributed by atoms with Gasteiger partial charge in [-0.2, -0.15) is 13.2 Å². The summed E-state index contributed by atoms with van der Waals surface area (Å²) >= 11 is 0. The van der Waals surface area contributed by atoms with Crippen LogP contribution < -0.4 is 11.1 Å². The van der Waals surface area contributed by atoms with Gasteiger partial charge in [0.25, 0.3) is 0 Å². The zero-order valence-electron chi connectivity index (χ0n) is 8.93. The van der Waals surface area contributed by atoms with E-state index in [0.29, 0.717) is 13.0 Å². The number of alkyl halides is 3. The summed E-state index contributed by atoms with van der Waals surface area (Å²) in [4.78, 5) is 11.6. The summed E-state index contributed by atoms with van der Waals surface area (Å²) in [6.45, 7) is 1.71. The molecule has 1 aliphatic heterocycles. The minimum atomic E-state index is -4.29. The van der Waals surface area contributed by atoms with E-state index in [4.69, 9.17) is 10.5 Å². The topological polar surface area (TPSA) is 64.4 Å². The van der Waals surface area contributed by atoms with Gasteiger partial charge in [0.05, 0.1) is 13.0 Å². The van der Waals surface area contributed by atoms with Crippen molar-refractivity contribution in [3.05, 3.63) is 0 Å². The minimum Gasteiger partial charge on any atom is -0.379 e. The maximum Gasteiger partial charge on any atom is 0.391 e. The van der Waals surface area contributed by atoms with Crippen LogP contribution in [-0.2, 0) is 9.53 Å². The van der Waals surface area contributed by atoms with Crippen LogP contribution >= 0.6 is 0 Å². The van der Waals surface area contributed by atoms with Gasteiger partial charge in [-0.1, -0.05) is 0 Å². The van der Waals surface area contributed by atoms with Crippen LogP contribution in [0.4, 0.5) is 13.2 Å². The Morgan fingerprint density at radius 2 is 2.25 bits per heavy atom. The molecular formula is C9H15F3N2O2. The maximum atomic E-state index is 12.0. The summed E-state index contributed by atoms with van der Waals surface area (Å²) < 4.78 is 41.0. The van der Waals surface area contributed by atoms with E-state index in [1.54, 1.807) is 0 Å². The predicted octanol–water partition coefficient (Wildman–Crippen LogP) is 0.561. The second-order valence-electron chi connectivity index (χ2n) is 4.15. The molecule has 94 valence electrons. The number of carbonyl (C=O) groups is 1. The number of nitrogens with one attached hydrogen (secondary N) is 1. The fraction of sp³-hybridized carbons (Fsp3) is 0.889. The Kier molecular flexibility index (Phi) is 3.80. The third-order valence-corrected chi connectivity index (χ3v) is 2.42. The Bertz CT molecular complexity index is 262. The molecule has 16 heavy (non-hydrogen) atoms. The number of nitrogens with two attached hydrogens (primary N) is 1. The molecule has 2 atom stereocenters. The molecular weight excluding hydrogens is 225 g/mol. The first-order valence-electron chi connectivity index (χ1n) is 4.97. The Labute approximate surface area is 91.3 Å². The summed E-state index contributed by atoms with van der Waals surface area (Å²) in [5, 5.41) is 2.25. The number of ether oxygens (including phenoxy) is 1. The van der Waals surface area contributed by atoms with Crippen LogP contribution in [0.15, 0.2) is 0 Å². The third-order valence-electron chi connectivity index (χ3n) is 2.42. The number of carbonyl (C=O) groups excluding carboxylic acids is 1. The summed E-state index contributed by atoms with van der Waals surface area (Å²) in [6.07, 6.45) is -5.02. The van der Waals surface area contributed by atoms with Gasteiger partial charge in [0.1, 0.15) is 5.54 Å². The SMILES string of the molecule is CC(CC(F)(F)F)NC(=O)C1(N)CCOC1. The van der Waals surface area contributed by atoms with Crippen LogP contribution in [0.25, 0.3) is 0 Å². The van der Waals surface area contributed by atoms with E-state index < -0.39 is 30.1 Å². The van der Waals surface area contributed by atoms with Gasteiger partial charge in [-0.3, -0.25) is 4.79 Å². The lowest BCUT2D eigenvalue weighted by Crippen LogP contribution is -2.56. The molecule has 0 saturated carbocycles. The maximum absolute atomic E-state index is 12.0. The molecule has 2 unspecified atom stereocenters. The number of halogens is 3. The van der Waals surface area contributed by atoms with Gasteiger partial charge < -0.3 is 15.8 Å². The second kappa shape index (κ2) is 4.58. The Morgan fingerprint density at radius 1 is 1.62 bits per heavy atom. The van der Waals surface area contributed by atoms with E-state index in [1.807, 2.05) is 0 Å². The molecule has 1 aliphatic rings. The lowest BCUT2D eigenvalue weighted by atomic mass is 9.98. The first-order chi connectivity index (χ1) is 7.23. The molecule has 0 aromatic rings. The fourth-order valence-electron chi connectivity index (χ4n) is 1.53. The second-order valence-corrected chi connectivity index (χ2v) is 4.15. The van der Waals surface area contributed by atoms with Crippen LogP contribution in [0.1, 0.15) is 19.8 Å². The Balaban J connectivity index is 2.45. The molecule has 1 amide bonds. The number of hydrogen-bond acceptors (Lipinski definition) is 3.